The molecule has 0 radical (unpaired) electrons. The molecule has 3 aromatic heterocycles. The third-order valence-electron chi connectivity index (χ3n) is 14.4. The molecule has 0 amide bonds. The molecule has 0 spiro atoms. The van der Waals surface area contributed by atoms with Crippen LogP contribution in [0.25, 0.3) is 88.1 Å². The summed E-state index contributed by atoms with van der Waals surface area (Å²) in [5.74, 6) is 0. The molecule has 10 aromatic carbocycles. The minimum absolute atomic E-state index is 0.00170. The molecule has 68 heavy (non-hydrogen) atoms. The van der Waals surface area contributed by atoms with Crippen molar-refractivity contribution in [3.8, 4) is 22.5 Å². The highest BCUT2D eigenvalue weighted by Crippen LogP contribution is 2.38. The van der Waals surface area contributed by atoms with E-state index in [1.54, 1.807) is 0 Å². The van der Waals surface area contributed by atoms with Gasteiger partial charge in [0.1, 0.15) is 11.2 Å². The summed E-state index contributed by atoms with van der Waals surface area (Å²) in [6.07, 6.45) is 0. The first-order chi connectivity index (χ1) is 33.3. The average molecular weight is 889 g/mol. The zero-order valence-electron chi connectivity index (χ0n) is 38.3. The number of para-hydroxylation sites is 3. The number of hydrogen-bond acceptors (Lipinski definition) is 1. The predicted molar refractivity (Wildman–Crippen MR) is 290 cm³/mol. The van der Waals surface area contributed by atoms with Crippen molar-refractivity contribution in [1.82, 2.24) is 9.13 Å². The maximum absolute atomic E-state index is 6.60. The molecule has 0 saturated carbocycles. The molecular formula is C64H48N2OSi. The third kappa shape index (κ3) is 6.18. The average Bonchev–Trinajstić information content (AvgIpc) is 4.04. The topological polar surface area (TPSA) is 23.0 Å². The molecule has 1 atom stereocenters. The zero-order valence-corrected chi connectivity index (χ0v) is 39.3. The van der Waals surface area contributed by atoms with Crippen LogP contribution in [0.2, 0.25) is 0 Å². The van der Waals surface area contributed by atoms with E-state index in [9.17, 15) is 0 Å². The highest BCUT2D eigenvalue weighted by molar-refractivity contribution is 7.20. The summed E-state index contributed by atoms with van der Waals surface area (Å²) in [5.41, 5.74) is 12.6. The Morgan fingerprint density at radius 1 is 0.324 bits per heavy atom. The molecule has 3 heterocycles. The fraction of sp³-hybridized carbons (Fsp3) is 0.0625. The van der Waals surface area contributed by atoms with E-state index in [0.29, 0.717) is 0 Å². The second-order valence-corrected chi connectivity index (χ2v) is 23.1. The molecule has 0 aliphatic heterocycles. The lowest BCUT2D eigenvalue weighted by molar-refractivity contribution is 0.590. The van der Waals surface area contributed by atoms with Gasteiger partial charge >= 0.3 is 0 Å². The number of aromatic nitrogens is 2. The fourth-order valence-corrected chi connectivity index (χ4v) is 15.9. The molecule has 0 fully saturated rings. The van der Waals surface area contributed by atoms with Crippen molar-refractivity contribution in [3.63, 3.8) is 0 Å². The van der Waals surface area contributed by atoms with Crippen molar-refractivity contribution in [2.75, 3.05) is 0 Å². The van der Waals surface area contributed by atoms with Crippen molar-refractivity contribution in [1.29, 1.82) is 0 Å². The Bertz CT molecular complexity index is 4010. The standard InChI is InChI=1S/C64H48N2OSi/c1-64(2,3)45-31-37-62-56(39-45)57-42-51(35-38-63(57)67-62)68(48-20-8-5-9-21-48,49-33-29-44(30-34-49)43-17-6-4-7-18-43)50-22-16-19-46(40-50)65-60-28-15-12-25-54(60)55-41-47(32-36-61(55)65)66-58-26-13-10-23-52(58)53-24-11-14-27-59(53)66/h4-42H,1-3H3. The molecule has 324 valence electrons. The summed E-state index contributed by atoms with van der Waals surface area (Å²) in [7, 11) is -3.09. The molecule has 3 nitrogen and oxygen atoms in total. The largest absolute Gasteiger partial charge is 0.456 e. The Labute approximate surface area is 396 Å². The third-order valence-corrected chi connectivity index (χ3v) is 19.2. The molecule has 0 aliphatic carbocycles. The Morgan fingerprint density at radius 2 is 0.794 bits per heavy atom. The monoisotopic (exact) mass is 888 g/mol. The number of benzene rings is 10. The van der Waals surface area contributed by atoms with Crippen LogP contribution in [-0.4, -0.2) is 17.2 Å². The van der Waals surface area contributed by atoms with E-state index in [2.05, 4.69) is 266 Å². The lowest BCUT2D eigenvalue weighted by atomic mass is 9.86. The van der Waals surface area contributed by atoms with Crippen LogP contribution in [0.1, 0.15) is 26.3 Å². The van der Waals surface area contributed by atoms with Crippen molar-refractivity contribution in [2.24, 2.45) is 0 Å². The van der Waals surface area contributed by atoms with Gasteiger partial charge in [-0.05, 0) is 110 Å². The second kappa shape index (κ2) is 15.4. The SMILES string of the molecule is CC(C)(C)c1ccc2oc3ccc([Si](c4ccccc4)(c4ccc(-c5ccccc5)cc4)c4cccc(-n5c6ccccc6c6cc(-n7c8ccccc8c8ccccc87)ccc65)c4)cc3c2c1. The summed E-state index contributed by atoms with van der Waals surface area (Å²) in [5, 5.41) is 12.5. The molecule has 0 saturated heterocycles. The Hall–Kier alpha value is -8.18. The van der Waals surface area contributed by atoms with Crippen LogP contribution in [0.3, 0.4) is 0 Å². The summed E-state index contributed by atoms with van der Waals surface area (Å²) < 4.78 is 11.5. The Morgan fingerprint density at radius 3 is 1.44 bits per heavy atom. The van der Waals surface area contributed by atoms with Crippen LogP contribution in [0, 0.1) is 0 Å². The lowest BCUT2D eigenvalue weighted by Crippen LogP contribution is -2.74. The van der Waals surface area contributed by atoms with Gasteiger partial charge in [-0.25, -0.2) is 0 Å². The molecule has 1 unspecified atom stereocenters. The first kappa shape index (κ1) is 40.1. The summed E-state index contributed by atoms with van der Waals surface area (Å²) in [4.78, 5) is 0. The molecule has 13 rings (SSSR count). The molecule has 13 aromatic rings. The maximum atomic E-state index is 6.60. The first-order valence-corrected chi connectivity index (χ1v) is 25.7. The van der Waals surface area contributed by atoms with Crippen molar-refractivity contribution in [2.45, 2.75) is 26.2 Å². The van der Waals surface area contributed by atoms with Crippen molar-refractivity contribution >= 4 is 94.4 Å². The number of fused-ring (bicyclic) bond motifs is 9. The van der Waals surface area contributed by atoms with Crippen LogP contribution in [0.15, 0.2) is 241 Å². The molecule has 4 heteroatoms. The van der Waals surface area contributed by atoms with Crippen molar-refractivity contribution < 1.29 is 4.42 Å². The minimum atomic E-state index is -3.09. The van der Waals surface area contributed by atoms with E-state index in [1.165, 1.54) is 81.0 Å². The molecule has 0 N–H and O–H groups in total. The summed E-state index contributed by atoms with van der Waals surface area (Å²) >= 11 is 0. The molecule has 0 bridgehead atoms. The van der Waals surface area contributed by atoms with Gasteiger partial charge in [0.25, 0.3) is 0 Å². The smallest absolute Gasteiger partial charge is 0.179 e. The highest BCUT2D eigenvalue weighted by Gasteiger charge is 2.42. The number of rotatable bonds is 7. The van der Waals surface area contributed by atoms with Crippen LogP contribution < -0.4 is 20.7 Å². The lowest BCUT2D eigenvalue weighted by Gasteiger charge is -2.35. The van der Waals surface area contributed by atoms with E-state index in [1.807, 2.05) is 0 Å². The van der Waals surface area contributed by atoms with E-state index >= 15 is 0 Å². The van der Waals surface area contributed by atoms with E-state index < -0.39 is 8.07 Å². The minimum Gasteiger partial charge on any atom is -0.456 e. The van der Waals surface area contributed by atoms with Crippen LogP contribution in [-0.2, 0) is 5.41 Å². The van der Waals surface area contributed by atoms with Gasteiger partial charge in [0.05, 0.1) is 22.1 Å². The Balaban J connectivity index is 1.06. The summed E-state index contributed by atoms with van der Waals surface area (Å²) in [6.45, 7) is 6.84. The van der Waals surface area contributed by atoms with Gasteiger partial charge < -0.3 is 13.6 Å². The predicted octanol–water partition coefficient (Wildman–Crippen LogP) is 14.1. The van der Waals surface area contributed by atoms with Crippen LogP contribution >= 0.6 is 0 Å². The highest BCUT2D eigenvalue weighted by atomic mass is 28.3. The van der Waals surface area contributed by atoms with E-state index in [-0.39, 0.29) is 5.41 Å². The molecular weight excluding hydrogens is 841 g/mol. The number of nitrogens with zero attached hydrogens (tertiary/aromatic N) is 2. The van der Waals surface area contributed by atoms with Gasteiger partial charge in [0.15, 0.2) is 8.07 Å². The van der Waals surface area contributed by atoms with Crippen molar-refractivity contribution in [3.05, 3.63) is 242 Å². The number of hydrogen-bond donors (Lipinski definition) is 0. The van der Waals surface area contributed by atoms with Crippen LogP contribution in [0.5, 0.6) is 0 Å². The molecule has 0 aliphatic rings. The van der Waals surface area contributed by atoms with Gasteiger partial charge in [0, 0.05) is 43.7 Å². The van der Waals surface area contributed by atoms with Gasteiger partial charge in [-0.2, -0.15) is 0 Å². The van der Waals surface area contributed by atoms with E-state index in [0.717, 1.165) is 33.3 Å². The van der Waals surface area contributed by atoms with E-state index in [4.69, 9.17) is 4.42 Å². The first-order valence-electron chi connectivity index (χ1n) is 23.7. The van der Waals surface area contributed by atoms with Gasteiger partial charge in [-0.15, -0.1) is 0 Å². The zero-order chi connectivity index (χ0) is 45.6. The van der Waals surface area contributed by atoms with Gasteiger partial charge in [0.2, 0.25) is 0 Å². The number of furan rings is 1. The normalized spacial score (nSPS) is 13.0. The van der Waals surface area contributed by atoms with Gasteiger partial charge in [-0.3, -0.25) is 0 Å². The summed E-state index contributed by atoms with van der Waals surface area (Å²) in [6, 6.07) is 88.1. The van der Waals surface area contributed by atoms with Gasteiger partial charge in [-0.1, -0.05) is 191 Å². The second-order valence-electron chi connectivity index (χ2n) is 19.3. The maximum Gasteiger partial charge on any atom is 0.179 e. The quantitative estimate of drug-likeness (QED) is 0.115. The fourth-order valence-electron chi connectivity index (χ4n) is 11.2. The van der Waals surface area contributed by atoms with Crippen LogP contribution in [0.4, 0.5) is 0 Å². The Kier molecular flexibility index (Phi) is 9.11.